The normalized spacial score (nSPS) is 14.1. The van der Waals surface area contributed by atoms with Gasteiger partial charge in [-0.1, -0.05) is 41.0 Å². The Morgan fingerprint density at radius 3 is 3.00 bits per heavy atom. The number of benzene rings is 1. The smallest absolute Gasteiger partial charge is 0.203 e. The van der Waals surface area contributed by atoms with Gasteiger partial charge in [-0.15, -0.1) is 10.2 Å². The van der Waals surface area contributed by atoms with E-state index in [4.69, 9.17) is 17.1 Å². The third-order valence-corrected chi connectivity index (χ3v) is 3.06. The molecule has 0 spiro atoms. The van der Waals surface area contributed by atoms with Crippen LogP contribution in [0.2, 0.25) is 5.15 Å². The van der Waals surface area contributed by atoms with Crippen LogP contribution >= 0.6 is 11.6 Å². The minimum Gasteiger partial charge on any atom is -0.361 e. The van der Waals surface area contributed by atoms with Crippen molar-refractivity contribution in [2.45, 2.75) is 6.85 Å². The molecule has 0 atom stereocenters. The van der Waals surface area contributed by atoms with Gasteiger partial charge in [-0.2, -0.15) is 0 Å². The summed E-state index contributed by atoms with van der Waals surface area (Å²) in [7, 11) is 0. The topological polar surface area (TPSA) is 80.9 Å². The van der Waals surface area contributed by atoms with E-state index in [-0.39, 0.29) is 17.4 Å². The van der Waals surface area contributed by atoms with E-state index in [0.29, 0.717) is 16.6 Å². The van der Waals surface area contributed by atoms with Crippen LogP contribution in [0.15, 0.2) is 34.8 Å². The summed E-state index contributed by atoms with van der Waals surface area (Å²) >= 11 is 5.99. The van der Waals surface area contributed by atoms with E-state index < -0.39 is 24.4 Å². The van der Waals surface area contributed by atoms with Gasteiger partial charge in [0.1, 0.15) is 5.76 Å². The number of hydrogen-bond donors (Lipinski definition) is 1. The van der Waals surface area contributed by atoms with E-state index in [2.05, 4.69) is 25.2 Å². The summed E-state index contributed by atoms with van der Waals surface area (Å²) in [6.07, 6.45) is 0. The number of ketones is 1. The molecule has 21 heavy (non-hydrogen) atoms. The van der Waals surface area contributed by atoms with Crippen LogP contribution in [0.25, 0.3) is 10.8 Å². The van der Waals surface area contributed by atoms with E-state index in [1.165, 1.54) is 0 Å². The van der Waals surface area contributed by atoms with E-state index in [1.54, 1.807) is 24.3 Å². The van der Waals surface area contributed by atoms with Crippen LogP contribution in [0.3, 0.4) is 0 Å². The van der Waals surface area contributed by atoms with Gasteiger partial charge in [-0.3, -0.25) is 4.79 Å². The molecule has 0 bridgehead atoms. The van der Waals surface area contributed by atoms with E-state index >= 15 is 0 Å². The molecule has 0 saturated carbocycles. The van der Waals surface area contributed by atoms with Crippen molar-refractivity contribution in [1.82, 2.24) is 15.4 Å². The Kier molecular flexibility index (Phi) is 2.48. The molecule has 1 aromatic carbocycles. The molecule has 2 heterocycles. The van der Waals surface area contributed by atoms with Gasteiger partial charge in [-0.25, -0.2) is 0 Å². The van der Waals surface area contributed by atoms with Crippen molar-refractivity contribution in [3.05, 3.63) is 46.9 Å². The molecule has 2 aromatic heterocycles. The van der Waals surface area contributed by atoms with E-state index in [9.17, 15) is 4.79 Å². The number of nitrogens with one attached hydrogen (secondary N) is 1. The minimum atomic E-state index is -2.64. The highest BCUT2D eigenvalue weighted by atomic mass is 35.5. The zero-order valence-electron chi connectivity index (χ0n) is 14.6. The zero-order chi connectivity index (χ0) is 18.2. The fourth-order valence-corrected chi connectivity index (χ4v) is 2.02. The number of aromatic nitrogens is 3. The van der Waals surface area contributed by atoms with Gasteiger partial charge < -0.3 is 9.84 Å². The van der Waals surface area contributed by atoms with Crippen molar-refractivity contribution in [2.24, 2.45) is 0 Å². The molecule has 0 saturated heterocycles. The predicted octanol–water partition coefficient (Wildman–Crippen LogP) is 2.87. The Balaban J connectivity index is 1.82. The molecule has 1 N–H and O–H groups in total. The first kappa shape index (κ1) is 9.46. The molecule has 0 aliphatic heterocycles. The van der Waals surface area contributed by atoms with Crippen LogP contribution in [-0.2, 0) is 0 Å². The fourth-order valence-electron chi connectivity index (χ4n) is 1.81. The lowest BCUT2D eigenvalue weighted by molar-refractivity contribution is 0.0997. The summed E-state index contributed by atoms with van der Waals surface area (Å²) in [5.41, 5.74) is -0.357. The summed E-state index contributed by atoms with van der Waals surface area (Å²) in [5, 5.41) is 15.5. The van der Waals surface area contributed by atoms with Gasteiger partial charge in [-0.05, 0) is 6.85 Å². The van der Waals surface area contributed by atoms with Crippen LogP contribution < -0.4 is 5.32 Å². The van der Waals surface area contributed by atoms with Crippen molar-refractivity contribution in [3.63, 3.8) is 0 Å². The maximum absolute atomic E-state index is 12.2. The first-order chi connectivity index (χ1) is 11.8. The molecule has 0 amide bonds. The van der Waals surface area contributed by atoms with Crippen molar-refractivity contribution in [2.75, 3.05) is 11.9 Å². The predicted molar refractivity (Wildman–Crippen MR) is 78.6 cm³/mol. The Hall–Kier alpha value is -2.47. The monoisotopic (exact) mass is 306 g/mol. The van der Waals surface area contributed by atoms with Gasteiger partial charge in [0, 0.05) is 20.9 Å². The van der Waals surface area contributed by atoms with Gasteiger partial charge in [0.05, 0.1) is 7.92 Å². The number of nitrogens with zero attached hydrogens (tertiary/aromatic N) is 3. The average molecular weight is 307 g/mol. The average Bonchev–Trinajstić information content (AvgIpc) is 2.96. The number of carbonyl (C=O) groups is 1. The second kappa shape index (κ2) is 5.49. The lowest BCUT2D eigenvalue weighted by atomic mass is 10.2. The van der Waals surface area contributed by atoms with Gasteiger partial charge in [0.15, 0.2) is 16.7 Å². The third-order valence-electron chi connectivity index (χ3n) is 2.78. The highest BCUT2D eigenvalue weighted by Gasteiger charge is 2.13. The third kappa shape index (κ3) is 2.71. The van der Waals surface area contributed by atoms with Crippen molar-refractivity contribution in [1.29, 1.82) is 0 Å². The Morgan fingerprint density at radius 2 is 2.24 bits per heavy atom. The molecular weight excluding hydrogens is 292 g/mol. The molecule has 7 heteroatoms. The highest BCUT2D eigenvalue weighted by molar-refractivity contribution is 6.34. The molecule has 106 valence electrons. The summed E-state index contributed by atoms with van der Waals surface area (Å²) in [4.78, 5) is 12.2. The molecule has 0 aliphatic rings. The summed E-state index contributed by atoms with van der Waals surface area (Å²) in [6.45, 7) is -2.91. The summed E-state index contributed by atoms with van der Waals surface area (Å²) in [6, 6.07) is 6.57. The van der Waals surface area contributed by atoms with Crippen LogP contribution in [0.1, 0.15) is 21.7 Å². The van der Waals surface area contributed by atoms with E-state index in [0.717, 1.165) is 0 Å². The number of halogens is 1. The number of aryl methyl sites for hydroxylation is 1. The van der Waals surface area contributed by atoms with Crippen molar-refractivity contribution < 1.29 is 14.8 Å². The van der Waals surface area contributed by atoms with Gasteiger partial charge >= 0.3 is 0 Å². The van der Waals surface area contributed by atoms with Crippen LogP contribution in [0, 0.1) is 6.85 Å². The number of Topliss-reactive ketones (excluding diaryl/α,β-unsaturated/α-hetero) is 1. The molecule has 0 fully saturated rings. The molecule has 6 nitrogen and oxygen atoms in total. The van der Waals surface area contributed by atoms with Crippen molar-refractivity contribution in [3.8, 4) is 0 Å². The van der Waals surface area contributed by atoms with Gasteiger partial charge in [0.2, 0.25) is 5.78 Å². The second-order valence-electron chi connectivity index (χ2n) is 4.15. The lowest BCUT2D eigenvalue weighted by Crippen LogP contribution is -2.15. The highest BCUT2D eigenvalue weighted by Crippen LogP contribution is 2.25. The number of anilines is 1. The SMILES string of the molecule is [2H]c1c(C(=O)CNc2nnc(Cl)c3ccccc23)noc1C([2H])([2H])[2H]. The van der Waals surface area contributed by atoms with Gasteiger partial charge in [0.25, 0.3) is 0 Å². The Labute approximate surface area is 130 Å². The lowest BCUT2D eigenvalue weighted by Gasteiger charge is -2.07. The minimum absolute atomic E-state index is 0.236. The fraction of sp³-hybridized carbons (Fsp3) is 0.143. The Bertz CT molecular complexity index is 958. The number of hydrogen-bond acceptors (Lipinski definition) is 6. The molecule has 0 unspecified atom stereocenters. The maximum Gasteiger partial charge on any atom is 0.203 e. The standard InChI is InChI=1S/C14H11ClN4O2/c1-8-6-11(19-21-8)12(20)7-16-14-10-5-3-2-4-9(10)13(15)17-18-14/h2-6H,7H2,1H3,(H,16,18)/i1D3,6D. The van der Waals surface area contributed by atoms with Crippen LogP contribution in [0.4, 0.5) is 5.82 Å². The molecule has 3 rings (SSSR count). The number of rotatable bonds is 4. The quantitative estimate of drug-likeness (QED) is 0.746. The molecule has 3 aromatic rings. The number of fused-ring (bicyclic) bond motifs is 1. The summed E-state index contributed by atoms with van der Waals surface area (Å²) in [5.74, 6) is -0.892. The van der Waals surface area contributed by atoms with Crippen LogP contribution in [0.5, 0.6) is 0 Å². The molecule has 0 radical (unpaired) electrons. The molecular formula is C14H11ClN4O2. The first-order valence-corrected chi connectivity index (χ1v) is 6.31. The Morgan fingerprint density at radius 1 is 1.43 bits per heavy atom. The molecule has 0 aliphatic carbocycles. The van der Waals surface area contributed by atoms with Crippen molar-refractivity contribution >= 4 is 34.0 Å². The number of carbonyl (C=O) groups excluding carboxylic acids is 1. The largest absolute Gasteiger partial charge is 0.361 e. The van der Waals surface area contributed by atoms with Crippen LogP contribution in [-0.4, -0.2) is 27.7 Å². The second-order valence-corrected chi connectivity index (χ2v) is 4.51. The van der Waals surface area contributed by atoms with E-state index in [1.807, 2.05) is 0 Å². The zero-order valence-corrected chi connectivity index (χ0v) is 11.3. The maximum atomic E-state index is 12.2. The summed E-state index contributed by atoms with van der Waals surface area (Å²) < 4.78 is 34.1. The first-order valence-electron chi connectivity index (χ1n) is 7.94.